The Bertz CT molecular complexity index is 1190. The van der Waals surface area contributed by atoms with Crippen LogP contribution in [-0.4, -0.2) is 33.8 Å². The monoisotopic (exact) mass is 398 g/mol. The van der Waals surface area contributed by atoms with Crippen molar-refractivity contribution in [2.45, 2.75) is 12.5 Å². The number of pyridine rings is 1. The molecule has 1 aliphatic rings. The van der Waals surface area contributed by atoms with Gasteiger partial charge in [-0.2, -0.15) is 5.10 Å². The van der Waals surface area contributed by atoms with Crippen LogP contribution in [0, 0.1) is 0 Å². The molecule has 4 N–H and O–H groups in total. The van der Waals surface area contributed by atoms with Gasteiger partial charge < -0.3 is 16.4 Å². The maximum atomic E-state index is 12.5. The van der Waals surface area contributed by atoms with Crippen molar-refractivity contribution < 1.29 is 4.79 Å². The average molecular weight is 398 g/mol. The van der Waals surface area contributed by atoms with Crippen LogP contribution in [0.25, 0.3) is 22.2 Å². The minimum atomic E-state index is -0.152. The summed E-state index contributed by atoms with van der Waals surface area (Å²) in [4.78, 5) is 16.8. The molecule has 1 atom stereocenters. The third-order valence-electron chi connectivity index (χ3n) is 5.48. The van der Waals surface area contributed by atoms with Crippen LogP contribution in [0.3, 0.4) is 0 Å². The van der Waals surface area contributed by atoms with Crippen LogP contribution in [0.15, 0.2) is 66.9 Å². The molecular weight excluding hydrogens is 376 g/mol. The molecule has 2 aromatic carbocycles. The summed E-state index contributed by atoms with van der Waals surface area (Å²) in [6.07, 6.45) is 2.75. The Kier molecular flexibility index (Phi) is 4.65. The van der Waals surface area contributed by atoms with Gasteiger partial charge in [0.2, 0.25) is 0 Å². The van der Waals surface area contributed by atoms with Gasteiger partial charge in [-0.05, 0) is 43.3 Å². The van der Waals surface area contributed by atoms with Gasteiger partial charge in [-0.1, -0.05) is 30.3 Å². The topological polar surface area (TPSA) is 97.9 Å². The van der Waals surface area contributed by atoms with E-state index >= 15 is 0 Å². The van der Waals surface area contributed by atoms with Crippen LogP contribution in [0.2, 0.25) is 0 Å². The first kappa shape index (κ1) is 18.3. The van der Waals surface area contributed by atoms with Crippen LogP contribution < -0.4 is 16.4 Å². The van der Waals surface area contributed by atoms with E-state index in [1.165, 1.54) is 0 Å². The van der Waals surface area contributed by atoms with Crippen molar-refractivity contribution in [2.24, 2.45) is 0 Å². The second kappa shape index (κ2) is 7.61. The molecule has 1 unspecified atom stereocenters. The van der Waals surface area contributed by atoms with E-state index in [2.05, 4.69) is 20.3 Å². The number of amides is 1. The van der Waals surface area contributed by atoms with Crippen molar-refractivity contribution in [1.29, 1.82) is 0 Å². The fraction of sp³-hybridized carbons (Fsp3) is 0.174. The summed E-state index contributed by atoms with van der Waals surface area (Å²) in [5.74, 6) is 0.312. The van der Waals surface area contributed by atoms with Crippen molar-refractivity contribution in [1.82, 2.24) is 20.1 Å². The molecule has 150 valence electrons. The molecule has 0 aliphatic carbocycles. The highest BCUT2D eigenvalue weighted by molar-refractivity contribution is 6.05. The molecule has 1 amide bonds. The average Bonchev–Trinajstić information content (AvgIpc) is 3.43. The van der Waals surface area contributed by atoms with E-state index in [1.807, 2.05) is 60.7 Å². The van der Waals surface area contributed by atoms with Gasteiger partial charge >= 0.3 is 0 Å². The van der Waals surface area contributed by atoms with Gasteiger partial charge in [0, 0.05) is 29.6 Å². The zero-order chi connectivity index (χ0) is 20.5. The number of rotatable bonds is 4. The Hall–Kier alpha value is -3.71. The molecule has 1 aliphatic heterocycles. The minimum Gasteiger partial charge on any atom is -0.383 e. The summed E-state index contributed by atoms with van der Waals surface area (Å²) < 4.78 is 2.05. The molecule has 3 heterocycles. The van der Waals surface area contributed by atoms with Gasteiger partial charge in [-0.3, -0.25) is 9.48 Å². The van der Waals surface area contributed by atoms with E-state index in [0.29, 0.717) is 17.4 Å². The van der Waals surface area contributed by atoms with E-state index in [0.717, 1.165) is 47.4 Å². The lowest BCUT2D eigenvalue weighted by molar-refractivity contribution is 0.102. The zero-order valence-corrected chi connectivity index (χ0v) is 16.4. The molecule has 5 rings (SSSR count). The Balaban J connectivity index is 1.49. The molecule has 7 heteroatoms. The van der Waals surface area contributed by atoms with Crippen molar-refractivity contribution in [3.8, 4) is 11.3 Å². The molecule has 0 spiro atoms. The van der Waals surface area contributed by atoms with Crippen LogP contribution in [0.4, 0.5) is 11.5 Å². The lowest BCUT2D eigenvalue weighted by Crippen LogP contribution is -2.14. The summed E-state index contributed by atoms with van der Waals surface area (Å²) in [6.45, 7) is 1.87. The number of carbonyl (C=O) groups is 1. The van der Waals surface area contributed by atoms with Crippen molar-refractivity contribution >= 4 is 28.3 Å². The first-order valence-corrected chi connectivity index (χ1v) is 10.0. The number of para-hydroxylation sites is 1. The molecule has 1 saturated heterocycles. The Morgan fingerprint density at radius 2 is 1.90 bits per heavy atom. The third-order valence-corrected chi connectivity index (χ3v) is 5.48. The lowest BCUT2D eigenvalue weighted by atomic mass is 10.1. The second-order valence-corrected chi connectivity index (χ2v) is 7.43. The fourth-order valence-corrected chi connectivity index (χ4v) is 3.95. The largest absolute Gasteiger partial charge is 0.383 e. The van der Waals surface area contributed by atoms with E-state index < -0.39 is 0 Å². The van der Waals surface area contributed by atoms with Gasteiger partial charge in [0.1, 0.15) is 11.5 Å². The molecule has 1 fully saturated rings. The minimum absolute atomic E-state index is 0.152. The van der Waals surface area contributed by atoms with E-state index in [-0.39, 0.29) is 5.91 Å². The second-order valence-electron chi connectivity index (χ2n) is 7.43. The first-order valence-electron chi connectivity index (χ1n) is 10.0. The van der Waals surface area contributed by atoms with Gasteiger partial charge in [0.05, 0.1) is 16.9 Å². The number of anilines is 2. The van der Waals surface area contributed by atoms with Gasteiger partial charge in [0.25, 0.3) is 5.91 Å². The number of nitrogens with zero attached hydrogens (tertiary/aromatic N) is 3. The molecule has 0 radical (unpaired) electrons. The van der Waals surface area contributed by atoms with E-state index in [1.54, 1.807) is 6.20 Å². The highest BCUT2D eigenvalue weighted by atomic mass is 16.1. The number of carbonyl (C=O) groups excluding carboxylic acids is 1. The fourth-order valence-electron chi connectivity index (χ4n) is 3.95. The summed E-state index contributed by atoms with van der Waals surface area (Å²) >= 11 is 0. The summed E-state index contributed by atoms with van der Waals surface area (Å²) in [7, 11) is 0. The molecule has 7 nitrogen and oxygen atoms in total. The number of benzene rings is 2. The zero-order valence-electron chi connectivity index (χ0n) is 16.4. The van der Waals surface area contributed by atoms with Crippen LogP contribution in [0.1, 0.15) is 22.8 Å². The Labute approximate surface area is 173 Å². The molecule has 4 aromatic rings. The number of nitrogen functional groups attached to an aromatic ring is 1. The normalized spacial score (nSPS) is 16.1. The van der Waals surface area contributed by atoms with Gasteiger partial charge in [-0.25, -0.2) is 4.98 Å². The molecule has 2 aromatic heterocycles. The maximum absolute atomic E-state index is 12.5. The number of aromatic nitrogens is 3. The number of fused-ring (bicyclic) bond motifs is 1. The van der Waals surface area contributed by atoms with Crippen LogP contribution >= 0.6 is 0 Å². The van der Waals surface area contributed by atoms with Crippen molar-refractivity contribution in [2.75, 3.05) is 24.1 Å². The number of hydrogen-bond donors (Lipinski definition) is 3. The highest BCUT2D eigenvalue weighted by Crippen LogP contribution is 2.33. The smallest absolute Gasteiger partial charge is 0.255 e. The van der Waals surface area contributed by atoms with Gasteiger partial charge in [0.15, 0.2) is 0 Å². The summed E-state index contributed by atoms with van der Waals surface area (Å²) in [5, 5.41) is 12.0. The third kappa shape index (κ3) is 3.29. The van der Waals surface area contributed by atoms with E-state index in [4.69, 9.17) is 10.8 Å². The SMILES string of the molecule is Nc1nccc2c1c(-c1ccc(C(=O)Nc3ccccc3)cc1)nn2C1CCNC1. The standard InChI is InChI=1S/C23H22N6O/c24-22-20-19(11-13-26-22)29(18-10-12-25-14-18)28-21(20)15-6-8-16(9-7-15)23(30)27-17-4-2-1-3-5-17/h1-9,11,13,18,25H,10,12,14H2,(H2,24,26)(H,27,30). The van der Waals surface area contributed by atoms with Crippen LogP contribution in [0.5, 0.6) is 0 Å². The molecular formula is C23H22N6O. The lowest BCUT2D eigenvalue weighted by Gasteiger charge is -2.10. The van der Waals surface area contributed by atoms with Gasteiger partial charge in [-0.15, -0.1) is 0 Å². The number of nitrogens with one attached hydrogen (secondary N) is 2. The summed E-state index contributed by atoms with van der Waals surface area (Å²) in [6, 6.07) is 19.1. The molecule has 0 saturated carbocycles. The van der Waals surface area contributed by atoms with Crippen molar-refractivity contribution in [3.63, 3.8) is 0 Å². The molecule has 30 heavy (non-hydrogen) atoms. The maximum Gasteiger partial charge on any atom is 0.255 e. The first-order chi connectivity index (χ1) is 14.7. The van der Waals surface area contributed by atoms with Crippen molar-refractivity contribution in [3.05, 3.63) is 72.4 Å². The van der Waals surface area contributed by atoms with E-state index in [9.17, 15) is 4.79 Å². The molecule has 0 bridgehead atoms. The number of hydrogen-bond acceptors (Lipinski definition) is 5. The quantitative estimate of drug-likeness (QED) is 0.489. The number of nitrogens with two attached hydrogens (primary N) is 1. The Morgan fingerprint density at radius 1 is 1.10 bits per heavy atom. The highest BCUT2D eigenvalue weighted by Gasteiger charge is 2.23. The van der Waals surface area contributed by atoms with Crippen LogP contribution in [-0.2, 0) is 0 Å². The predicted molar refractivity (Wildman–Crippen MR) is 118 cm³/mol. The predicted octanol–water partition coefficient (Wildman–Crippen LogP) is 3.47. The summed E-state index contributed by atoms with van der Waals surface area (Å²) in [5.41, 5.74) is 10.2. The Morgan fingerprint density at radius 3 is 2.63 bits per heavy atom.